The SMILES string of the molecule is CC(O)C1CCCN(Cc2c(Cl)cccc2Cl)C1. The van der Waals surface area contributed by atoms with Gasteiger partial charge in [-0.2, -0.15) is 0 Å². The van der Waals surface area contributed by atoms with Crippen LogP contribution in [0.4, 0.5) is 0 Å². The van der Waals surface area contributed by atoms with E-state index in [2.05, 4.69) is 4.90 Å². The van der Waals surface area contributed by atoms with Gasteiger partial charge >= 0.3 is 0 Å². The molecule has 0 amide bonds. The summed E-state index contributed by atoms with van der Waals surface area (Å²) in [5.74, 6) is 0.361. The molecule has 2 rings (SSSR count). The summed E-state index contributed by atoms with van der Waals surface area (Å²) in [6, 6.07) is 5.61. The molecule has 1 saturated heterocycles. The monoisotopic (exact) mass is 287 g/mol. The Bertz CT molecular complexity index is 389. The third-order valence-electron chi connectivity index (χ3n) is 3.67. The average Bonchev–Trinajstić information content (AvgIpc) is 2.34. The summed E-state index contributed by atoms with van der Waals surface area (Å²) in [7, 11) is 0. The minimum atomic E-state index is -0.241. The van der Waals surface area contributed by atoms with E-state index in [1.807, 2.05) is 25.1 Å². The lowest BCUT2D eigenvalue weighted by molar-refractivity contribution is 0.0599. The second-order valence-corrected chi connectivity index (χ2v) is 5.89. The van der Waals surface area contributed by atoms with E-state index in [9.17, 15) is 5.11 Å². The van der Waals surface area contributed by atoms with Gasteiger partial charge in [-0.05, 0) is 44.4 Å². The molecule has 1 fully saturated rings. The Balaban J connectivity index is 2.05. The van der Waals surface area contributed by atoms with Crippen molar-refractivity contribution in [2.45, 2.75) is 32.4 Å². The van der Waals surface area contributed by atoms with Crippen molar-refractivity contribution in [1.82, 2.24) is 4.90 Å². The van der Waals surface area contributed by atoms with Gasteiger partial charge in [0.25, 0.3) is 0 Å². The van der Waals surface area contributed by atoms with Crippen LogP contribution in [-0.2, 0) is 6.54 Å². The minimum Gasteiger partial charge on any atom is -0.393 e. The van der Waals surface area contributed by atoms with Crippen LogP contribution in [0.15, 0.2) is 18.2 Å². The van der Waals surface area contributed by atoms with E-state index in [0.717, 1.165) is 48.1 Å². The van der Waals surface area contributed by atoms with Crippen LogP contribution in [0.5, 0.6) is 0 Å². The van der Waals surface area contributed by atoms with Crippen LogP contribution in [-0.4, -0.2) is 29.2 Å². The Hall–Kier alpha value is -0.280. The van der Waals surface area contributed by atoms with Gasteiger partial charge in [0.15, 0.2) is 0 Å². The molecule has 1 N–H and O–H groups in total. The summed E-state index contributed by atoms with van der Waals surface area (Å²) in [5, 5.41) is 11.1. The third-order valence-corrected chi connectivity index (χ3v) is 4.38. The van der Waals surface area contributed by atoms with E-state index < -0.39 is 0 Å². The molecule has 0 bridgehead atoms. The molecule has 2 atom stereocenters. The molecule has 1 aliphatic heterocycles. The normalized spacial score (nSPS) is 23.0. The van der Waals surface area contributed by atoms with Crippen molar-refractivity contribution in [2.24, 2.45) is 5.92 Å². The molecule has 0 spiro atoms. The molecule has 2 unspecified atom stereocenters. The van der Waals surface area contributed by atoms with E-state index in [-0.39, 0.29) is 6.10 Å². The highest BCUT2D eigenvalue weighted by Gasteiger charge is 2.24. The first-order valence-electron chi connectivity index (χ1n) is 6.41. The lowest BCUT2D eigenvalue weighted by Crippen LogP contribution is -2.39. The van der Waals surface area contributed by atoms with E-state index in [4.69, 9.17) is 23.2 Å². The molecule has 0 radical (unpaired) electrons. The number of rotatable bonds is 3. The maximum atomic E-state index is 9.69. The molecule has 0 saturated carbocycles. The van der Waals surface area contributed by atoms with Crippen molar-refractivity contribution in [3.63, 3.8) is 0 Å². The van der Waals surface area contributed by atoms with Crippen LogP contribution < -0.4 is 0 Å². The summed E-state index contributed by atoms with van der Waals surface area (Å²) in [4.78, 5) is 2.33. The molecule has 0 aromatic heterocycles. The van der Waals surface area contributed by atoms with Crippen LogP contribution in [0, 0.1) is 5.92 Å². The fraction of sp³-hybridized carbons (Fsp3) is 0.571. The summed E-state index contributed by atoms with van der Waals surface area (Å²) >= 11 is 12.4. The van der Waals surface area contributed by atoms with Gasteiger partial charge in [0.05, 0.1) is 6.10 Å². The Morgan fingerprint density at radius 2 is 2.06 bits per heavy atom. The van der Waals surface area contributed by atoms with Gasteiger partial charge in [0.2, 0.25) is 0 Å². The Kier molecular flexibility index (Phi) is 4.91. The highest BCUT2D eigenvalue weighted by Crippen LogP contribution is 2.28. The van der Waals surface area contributed by atoms with Gasteiger partial charge in [-0.1, -0.05) is 29.3 Å². The van der Waals surface area contributed by atoms with Gasteiger partial charge in [-0.15, -0.1) is 0 Å². The predicted octanol–water partition coefficient (Wildman–Crippen LogP) is 3.59. The first kappa shape index (κ1) is 14.1. The number of hydrogen-bond acceptors (Lipinski definition) is 2. The summed E-state index contributed by atoms with van der Waals surface area (Å²) < 4.78 is 0. The number of halogens is 2. The summed E-state index contributed by atoms with van der Waals surface area (Å²) in [6.45, 7) is 4.60. The number of likely N-dealkylation sites (tertiary alicyclic amines) is 1. The van der Waals surface area contributed by atoms with E-state index in [1.165, 1.54) is 0 Å². The van der Waals surface area contributed by atoms with Crippen molar-refractivity contribution >= 4 is 23.2 Å². The number of aliphatic hydroxyl groups is 1. The van der Waals surface area contributed by atoms with Crippen LogP contribution in [0.25, 0.3) is 0 Å². The second-order valence-electron chi connectivity index (χ2n) is 5.08. The molecular formula is C14H19Cl2NO. The summed E-state index contributed by atoms with van der Waals surface area (Å²) in [5.41, 5.74) is 0.993. The van der Waals surface area contributed by atoms with Gasteiger partial charge in [0.1, 0.15) is 0 Å². The molecule has 4 heteroatoms. The topological polar surface area (TPSA) is 23.5 Å². The largest absolute Gasteiger partial charge is 0.393 e. The molecule has 1 aromatic carbocycles. The van der Waals surface area contributed by atoms with Crippen molar-refractivity contribution in [2.75, 3.05) is 13.1 Å². The average molecular weight is 288 g/mol. The fourth-order valence-electron chi connectivity index (χ4n) is 2.54. The van der Waals surface area contributed by atoms with Gasteiger partial charge in [0, 0.05) is 28.7 Å². The first-order chi connectivity index (χ1) is 8.58. The molecule has 1 aromatic rings. The highest BCUT2D eigenvalue weighted by molar-refractivity contribution is 6.35. The molecule has 18 heavy (non-hydrogen) atoms. The zero-order valence-corrected chi connectivity index (χ0v) is 12.1. The Labute approximate surface area is 119 Å². The lowest BCUT2D eigenvalue weighted by Gasteiger charge is -2.34. The van der Waals surface area contributed by atoms with Crippen molar-refractivity contribution in [1.29, 1.82) is 0 Å². The van der Waals surface area contributed by atoms with Crippen molar-refractivity contribution in [3.8, 4) is 0 Å². The fourth-order valence-corrected chi connectivity index (χ4v) is 3.05. The van der Waals surface area contributed by atoms with Crippen molar-refractivity contribution < 1.29 is 5.11 Å². The van der Waals surface area contributed by atoms with Crippen LogP contribution in [0.1, 0.15) is 25.3 Å². The zero-order valence-electron chi connectivity index (χ0n) is 10.6. The molecule has 100 valence electrons. The third kappa shape index (κ3) is 3.39. The maximum Gasteiger partial charge on any atom is 0.0552 e. The first-order valence-corrected chi connectivity index (χ1v) is 7.17. The number of benzene rings is 1. The van der Waals surface area contributed by atoms with E-state index in [0.29, 0.717) is 5.92 Å². The van der Waals surface area contributed by atoms with E-state index >= 15 is 0 Å². The number of nitrogens with zero attached hydrogens (tertiary/aromatic N) is 1. The summed E-state index contributed by atoms with van der Waals surface area (Å²) in [6.07, 6.45) is 1.98. The van der Waals surface area contributed by atoms with Gasteiger partial charge in [-0.25, -0.2) is 0 Å². The molecule has 2 nitrogen and oxygen atoms in total. The Morgan fingerprint density at radius 1 is 1.39 bits per heavy atom. The molecule has 1 aliphatic rings. The van der Waals surface area contributed by atoms with Crippen LogP contribution >= 0.6 is 23.2 Å². The Morgan fingerprint density at radius 3 is 2.67 bits per heavy atom. The quantitative estimate of drug-likeness (QED) is 0.919. The van der Waals surface area contributed by atoms with Gasteiger partial charge in [-0.3, -0.25) is 4.90 Å². The van der Waals surface area contributed by atoms with Crippen LogP contribution in [0.2, 0.25) is 10.0 Å². The predicted molar refractivity (Wildman–Crippen MR) is 76.1 cm³/mol. The number of piperidine rings is 1. The number of aliphatic hydroxyl groups excluding tert-OH is 1. The molecule has 0 aliphatic carbocycles. The van der Waals surface area contributed by atoms with Gasteiger partial charge < -0.3 is 5.11 Å². The molecule has 1 heterocycles. The molecular weight excluding hydrogens is 269 g/mol. The van der Waals surface area contributed by atoms with E-state index in [1.54, 1.807) is 0 Å². The zero-order chi connectivity index (χ0) is 13.1. The number of hydrogen-bond donors (Lipinski definition) is 1. The second kappa shape index (κ2) is 6.25. The lowest BCUT2D eigenvalue weighted by atomic mass is 9.93. The highest BCUT2D eigenvalue weighted by atomic mass is 35.5. The van der Waals surface area contributed by atoms with Crippen LogP contribution in [0.3, 0.4) is 0 Å². The maximum absolute atomic E-state index is 9.69. The smallest absolute Gasteiger partial charge is 0.0552 e. The van der Waals surface area contributed by atoms with Crippen molar-refractivity contribution in [3.05, 3.63) is 33.8 Å². The minimum absolute atomic E-state index is 0.241. The standard InChI is InChI=1S/C14H19Cl2NO/c1-10(18)11-4-3-7-17(8-11)9-12-13(15)5-2-6-14(12)16/h2,5-6,10-11,18H,3-4,7-9H2,1H3.